The molecule has 1 heterocycles. The van der Waals surface area contributed by atoms with Gasteiger partial charge in [0.05, 0.1) is 6.04 Å². The summed E-state index contributed by atoms with van der Waals surface area (Å²) in [7, 11) is 0. The van der Waals surface area contributed by atoms with Crippen LogP contribution in [0.25, 0.3) is 0 Å². The number of nitrogens with zero attached hydrogens (tertiary/aromatic N) is 1. The first-order chi connectivity index (χ1) is 8.79. The molecule has 2 rings (SSSR count). The van der Waals surface area contributed by atoms with Gasteiger partial charge in [-0.15, -0.1) is 11.3 Å². The summed E-state index contributed by atoms with van der Waals surface area (Å²) in [6.07, 6.45) is -3.27. The normalized spacial score (nSPS) is 13.6. The monoisotopic (exact) mass is 306 g/mol. The van der Waals surface area contributed by atoms with Crippen LogP contribution in [0.3, 0.4) is 0 Å². The lowest BCUT2D eigenvalue weighted by Crippen LogP contribution is -2.11. The van der Waals surface area contributed by atoms with Crippen LogP contribution in [0.5, 0.6) is 0 Å². The average molecular weight is 307 g/mol. The first-order valence-electron chi connectivity index (χ1n) is 5.33. The highest BCUT2D eigenvalue weighted by atomic mass is 35.5. The average Bonchev–Trinajstić information content (AvgIpc) is 2.80. The van der Waals surface area contributed by atoms with Crippen molar-refractivity contribution >= 4 is 22.9 Å². The van der Waals surface area contributed by atoms with E-state index in [1.807, 2.05) is 6.92 Å². The summed E-state index contributed by atoms with van der Waals surface area (Å²) >= 11 is 6.43. The van der Waals surface area contributed by atoms with E-state index in [2.05, 4.69) is 4.98 Å². The number of hydrogen-bond acceptors (Lipinski definition) is 3. The third kappa shape index (κ3) is 3.08. The van der Waals surface area contributed by atoms with Crippen molar-refractivity contribution in [3.8, 4) is 0 Å². The van der Waals surface area contributed by atoms with Crippen LogP contribution in [-0.4, -0.2) is 4.98 Å². The summed E-state index contributed by atoms with van der Waals surface area (Å²) in [5, 5.41) is -0.394. The minimum Gasteiger partial charge on any atom is -0.320 e. The van der Waals surface area contributed by atoms with Crippen LogP contribution >= 0.6 is 22.9 Å². The van der Waals surface area contributed by atoms with Crippen molar-refractivity contribution in [2.75, 3.05) is 0 Å². The molecule has 0 spiro atoms. The summed E-state index contributed by atoms with van der Waals surface area (Å²) in [5.41, 5.74) is 7.56. The quantitative estimate of drug-likeness (QED) is 0.904. The van der Waals surface area contributed by atoms with E-state index >= 15 is 0 Å². The molecule has 0 amide bonds. The van der Waals surface area contributed by atoms with E-state index in [1.54, 1.807) is 18.2 Å². The van der Waals surface area contributed by atoms with Gasteiger partial charge in [0, 0.05) is 16.1 Å². The fraction of sp³-hybridized carbons (Fsp3) is 0.250. The Morgan fingerprint density at radius 2 is 2.05 bits per heavy atom. The van der Waals surface area contributed by atoms with Crippen molar-refractivity contribution in [1.82, 2.24) is 4.98 Å². The fourth-order valence-corrected chi connectivity index (χ4v) is 2.65. The second-order valence-corrected chi connectivity index (χ2v) is 5.54. The van der Waals surface area contributed by atoms with E-state index in [0.29, 0.717) is 26.8 Å². The highest BCUT2D eigenvalue weighted by Crippen LogP contribution is 2.36. The number of rotatable bonds is 2. The second-order valence-electron chi connectivity index (χ2n) is 4.04. The number of aromatic nitrogens is 1. The molecule has 0 aliphatic heterocycles. The second kappa shape index (κ2) is 5.11. The van der Waals surface area contributed by atoms with Crippen molar-refractivity contribution in [2.45, 2.75) is 19.1 Å². The molecule has 7 heteroatoms. The summed E-state index contributed by atoms with van der Waals surface area (Å²) < 4.78 is 37.5. The molecular weight excluding hydrogens is 297 g/mol. The molecule has 0 bridgehead atoms. The zero-order chi connectivity index (χ0) is 14.2. The van der Waals surface area contributed by atoms with Crippen LogP contribution in [0.2, 0.25) is 5.02 Å². The number of thiazole rings is 1. The third-order valence-electron chi connectivity index (χ3n) is 2.65. The maximum atomic E-state index is 12.5. The van der Waals surface area contributed by atoms with Gasteiger partial charge in [-0.2, -0.15) is 13.2 Å². The van der Waals surface area contributed by atoms with Gasteiger partial charge in [0.25, 0.3) is 0 Å². The Labute approximate surface area is 117 Å². The van der Waals surface area contributed by atoms with Gasteiger partial charge in [-0.3, -0.25) is 0 Å². The highest BCUT2D eigenvalue weighted by Gasteiger charge is 2.35. The molecule has 0 fully saturated rings. The van der Waals surface area contributed by atoms with Crippen molar-refractivity contribution in [2.24, 2.45) is 5.73 Å². The molecule has 1 unspecified atom stereocenters. The lowest BCUT2D eigenvalue weighted by molar-refractivity contribution is -0.137. The molecular formula is C12H10ClF3N2S. The molecule has 0 radical (unpaired) electrons. The Balaban J connectivity index is 2.36. The van der Waals surface area contributed by atoms with Crippen LogP contribution in [-0.2, 0) is 6.18 Å². The lowest BCUT2D eigenvalue weighted by Gasteiger charge is -2.13. The molecule has 0 saturated heterocycles. The third-order valence-corrected chi connectivity index (χ3v) is 4.01. The van der Waals surface area contributed by atoms with Gasteiger partial charge in [-0.25, -0.2) is 4.98 Å². The SMILES string of the molecule is Cc1ccc(Cl)cc1C(N)c1cnc(C(F)(F)F)s1. The number of hydrogen-bond donors (Lipinski definition) is 1. The number of halogens is 4. The minimum atomic E-state index is -4.44. The lowest BCUT2D eigenvalue weighted by atomic mass is 10.0. The number of aryl methyl sites for hydroxylation is 1. The van der Waals surface area contributed by atoms with Crippen LogP contribution in [0, 0.1) is 6.92 Å². The van der Waals surface area contributed by atoms with E-state index in [1.165, 1.54) is 6.20 Å². The first kappa shape index (κ1) is 14.3. The van der Waals surface area contributed by atoms with Gasteiger partial charge in [0.15, 0.2) is 5.01 Å². The van der Waals surface area contributed by atoms with Gasteiger partial charge in [-0.1, -0.05) is 17.7 Å². The summed E-state index contributed by atoms with van der Waals surface area (Å²) in [5.74, 6) is 0. The highest BCUT2D eigenvalue weighted by molar-refractivity contribution is 7.11. The van der Waals surface area contributed by atoms with E-state index in [0.717, 1.165) is 5.56 Å². The maximum Gasteiger partial charge on any atom is 0.443 e. The predicted molar refractivity (Wildman–Crippen MR) is 69.3 cm³/mol. The molecule has 1 aromatic carbocycles. The van der Waals surface area contributed by atoms with Crippen molar-refractivity contribution < 1.29 is 13.2 Å². The Bertz CT molecular complexity index is 595. The van der Waals surface area contributed by atoms with Gasteiger partial charge < -0.3 is 5.73 Å². The predicted octanol–water partition coefficient (Wildman–Crippen LogP) is 4.17. The molecule has 2 aromatic rings. The topological polar surface area (TPSA) is 38.9 Å². The molecule has 2 N–H and O–H groups in total. The summed E-state index contributed by atoms with van der Waals surface area (Å²) in [6, 6.07) is 4.49. The van der Waals surface area contributed by atoms with E-state index in [4.69, 9.17) is 17.3 Å². The van der Waals surface area contributed by atoms with Crippen LogP contribution in [0.1, 0.15) is 27.1 Å². The standard InChI is InChI=1S/C12H10ClF3N2S/c1-6-2-3-7(13)4-8(6)10(17)9-5-18-11(19-9)12(14,15)16/h2-5,10H,17H2,1H3. The van der Waals surface area contributed by atoms with Gasteiger partial charge >= 0.3 is 6.18 Å². The largest absolute Gasteiger partial charge is 0.443 e. The Morgan fingerprint density at radius 1 is 1.37 bits per heavy atom. The van der Waals surface area contributed by atoms with Crippen molar-refractivity contribution in [1.29, 1.82) is 0 Å². The zero-order valence-electron chi connectivity index (χ0n) is 9.83. The summed E-state index contributed by atoms with van der Waals surface area (Å²) in [6.45, 7) is 1.83. The molecule has 1 aromatic heterocycles. The zero-order valence-corrected chi connectivity index (χ0v) is 11.4. The summed E-state index contributed by atoms with van der Waals surface area (Å²) in [4.78, 5) is 3.73. The van der Waals surface area contributed by atoms with Gasteiger partial charge in [0.2, 0.25) is 0 Å². The molecule has 0 aliphatic rings. The molecule has 102 valence electrons. The van der Waals surface area contributed by atoms with Crippen LogP contribution in [0.4, 0.5) is 13.2 Å². The van der Waals surface area contributed by atoms with E-state index < -0.39 is 17.2 Å². The molecule has 0 saturated carbocycles. The van der Waals surface area contributed by atoms with Crippen LogP contribution in [0.15, 0.2) is 24.4 Å². The van der Waals surface area contributed by atoms with Crippen LogP contribution < -0.4 is 5.73 Å². The van der Waals surface area contributed by atoms with E-state index in [9.17, 15) is 13.2 Å². The smallest absolute Gasteiger partial charge is 0.320 e. The Hall–Kier alpha value is -1.11. The van der Waals surface area contributed by atoms with E-state index in [-0.39, 0.29) is 0 Å². The fourth-order valence-electron chi connectivity index (χ4n) is 1.66. The van der Waals surface area contributed by atoms with Gasteiger partial charge in [-0.05, 0) is 30.2 Å². The first-order valence-corrected chi connectivity index (χ1v) is 6.53. The van der Waals surface area contributed by atoms with Gasteiger partial charge in [0.1, 0.15) is 0 Å². The molecule has 0 aliphatic carbocycles. The molecule has 1 atom stereocenters. The Morgan fingerprint density at radius 3 is 2.63 bits per heavy atom. The number of benzene rings is 1. The Kier molecular flexibility index (Phi) is 3.85. The van der Waals surface area contributed by atoms with Crippen molar-refractivity contribution in [3.05, 3.63) is 50.4 Å². The maximum absolute atomic E-state index is 12.5. The number of alkyl halides is 3. The molecule has 19 heavy (non-hydrogen) atoms. The number of nitrogens with two attached hydrogens (primary N) is 1. The molecule has 2 nitrogen and oxygen atoms in total. The van der Waals surface area contributed by atoms with Crippen molar-refractivity contribution in [3.63, 3.8) is 0 Å². The minimum absolute atomic E-state index is 0.359.